The van der Waals surface area contributed by atoms with Crippen molar-refractivity contribution in [3.63, 3.8) is 0 Å². The Kier molecular flexibility index (Phi) is 4.23. The van der Waals surface area contributed by atoms with E-state index in [4.69, 9.17) is 23.2 Å². The summed E-state index contributed by atoms with van der Waals surface area (Å²) in [4.78, 5) is 0.685. The van der Waals surface area contributed by atoms with Crippen LogP contribution in [-0.4, -0.2) is 30.0 Å². The van der Waals surface area contributed by atoms with Crippen LogP contribution in [0.4, 0.5) is 0 Å². The third-order valence-electron chi connectivity index (χ3n) is 3.64. The van der Waals surface area contributed by atoms with Gasteiger partial charge in [0.1, 0.15) is 10.7 Å². The molecule has 4 rings (SSSR count). The Balaban J connectivity index is 1.74. The van der Waals surface area contributed by atoms with Crippen molar-refractivity contribution >= 4 is 39.5 Å². The lowest BCUT2D eigenvalue weighted by Gasteiger charge is -1.99. The van der Waals surface area contributed by atoms with Crippen LogP contribution < -0.4 is 0 Å². The molecule has 0 spiro atoms. The third-order valence-corrected chi connectivity index (χ3v) is 5.12. The minimum Gasteiger partial charge on any atom is -0.282 e. The van der Waals surface area contributed by atoms with Crippen molar-refractivity contribution in [3.05, 3.63) is 40.0 Å². The second-order valence-corrected chi connectivity index (χ2v) is 7.93. The Morgan fingerprint density at radius 3 is 2.80 bits per heavy atom. The summed E-state index contributed by atoms with van der Waals surface area (Å²) < 4.78 is 1.69. The van der Waals surface area contributed by atoms with Gasteiger partial charge < -0.3 is 0 Å². The number of hydrogen-bond donors (Lipinski definition) is 1. The Hall–Kier alpha value is -1.96. The molecule has 0 fully saturated rings. The van der Waals surface area contributed by atoms with Crippen molar-refractivity contribution in [1.82, 2.24) is 30.0 Å². The summed E-state index contributed by atoms with van der Waals surface area (Å²) in [6, 6.07) is 7.34. The number of nitrogens with zero attached hydrogens (tertiary/aromatic N) is 5. The first-order chi connectivity index (χ1) is 12.0. The molecule has 3 heterocycles. The van der Waals surface area contributed by atoms with E-state index in [1.54, 1.807) is 16.6 Å². The highest BCUT2D eigenvalue weighted by atomic mass is 35.5. The van der Waals surface area contributed by atoms with E-state index in [9.17, 15) is 0 Å². The van der Waals surface area contributed by atoms with Gasteiger partial charge in [-0.3, -0.25) is 5.10 Å². The number of halogens is 2. The normalized spacial score (nSPS) is 11.7. The predicted octanol–water partition coefficient (Wildman–Crippen LogP) is 4.75. The standard InChI is InChI=1S/C16H14Cl2N6S/c1-8(2)5-10-7-13(20-19-10)14-21-22-16-24(14)23-15(25-16)11-4-3-9(17)6-12(11)18/h3-4,6-8H,5H2,1-2H3,(H,19,20). The summed E-state index contributed by atoms with van der Waals surface area (Å²) in [5.74, 6) is 1.15. The number of nitrogens with one attached hydrogen (secondary N) is 1. The highest BCUT2D eigenvalue weighted by Crippen LogP contribution is 2.33. The highest BCUT2D eigenvalue weighted by molar-refractivity contribution is 7.19. The van der Waals surface area contributed by atoms with Gasteiger partial charge >= 0.3 is 0 Å². The van der Waals surface area contributed by atoms with Crippen molar-refractivity contribution in [2.24, 2.45) is 5.92 Å². The summed E-state index contributed by atoms with van der Waals surface area (Å²) in [7, 11) is 0. The number of aromatic nitrogens is 6. The largest absolute Gasteiger partial charge is 0.282 e. The topological polar surface area (TPSA) is 71.8 Å². The fourth-order valence-electron chi connectivity index (χ4n) is 2.57. The van der Waals surface area contributed by atoms with Crippen molar-refractivity contribution in [2.75, 3.05) is 0 Å². The lowest BCUT2D eigenvalue weighted by atomic mass is 10.1. The average molecular weight is 393 g/mol. The van der Waals surface area contributed by atoms with Gasteiger partial charge in [-0.1, -0.05) is 48.4 Å². The maximum Gasteiger partial charge on any atom is 0.235 e. The summed E-state index contributed by atoms with van der Waals surface area (Å²) in [5, 5.41) is 22.3. The van der Waals surface area contributed by atoms with Crippen LogP contribution in [0.25, 0.3) is 27.1 Å². The van der Waals surface area contributed by atoms with Crippen LogP contribution >= 0.6 is 34.5 Å². The molecule has 0 bridgehead atoms. The first kappa shape index (κ1) is 16.5. The fraction of sp³-hybridized carbons (Fsp3) is 0.250. The van der Waals surface area contributed by atoms with Gasteiger partial charge in [-0.2, -0.15) is 14.7 Å². The van der Waals surface area contributed by atoms with E-state index in [2.05, 4.69) is 39.3 Å². The van der Waals surface area contributed by atoms with Crippen LogP contribution in [-0.2, 0) is 6.42 Å². The average Bonchev–Trinajstić information content (AvgIpc) is 3.21. The second kappa shape index (κ2) is 6.40. The third kappa shape index (κ3) is 3.15. The molecule has 0 aliphatic rings. The molecule has 4 aromatic rings. The molecule has 0 amide bonds. The maximum atomic E-state index is 6.29. The number of fused-ring (bicyclic) bond motifs is 1. The van der Waals surface area contributed by atoms with Gasteiger partial charge in [-0.15, -0.1) is 10.2 Å². The lowest BCUT2D eigenvalue weighted by Crippen LogP contribution is -1.93. The SMILES string of the molecule is CC(C)Cc1cc(-c2nnc3sc(-c4ccc(Cl)cc4Cl)nn23)n[nH]1. The van der Waals surface area contributed by atoms with Crippen LogP contribution in [0.3, 0.4) is 0 Å². The van der Waals surface area contributed by atoms with E-state index >= 15 is 0 Å². The number of hydrogen-bond acceptors (Lipinski definition) is 5. The van der Waals surface area contributed by atoms with Crippen molar-refractivity contribution in [1.29, 1.82) is 0 Å². The Morgan fingerprint density at radius 1 is 1.20 bits per heavy atom. The molecule has 128 valence electrons. The van der Waals surface area contributed by atoms with Crippen LogP contribution in [0.15, 0.2) is 24.3 Å². The molecular formula is C16H14Cl2N6S. The van der Waals surface area contributed by atoms with Crippen molar-refractivity contribution in [2.45, 2.75) is 20.3 Å². The predicted molar refractivity (Wildman–Crippen MR) is 100 cm³/mol. The number of rotatable bonds is 4. The van der Waals surface area contributed by atoms with Gasteiger partial charge in [-0.25, -0.2) is 0 Å². The zero-order chi connectivity index (χ0) is 17.6. The Morgan fingerprint density at radius 2 is 2.04 bits per heavy atom. The van der Waals surface area contributed by atoms with Crippen LogP contribution in [0.2, 0.25) is 10.0 Å². The summed E-state index contributed by atoms with van der Waals surface area (Å²) >= 11 is 13.7. The summed E-state index contributed by atoms with van der Waals surface area (Å²) in [6.45, 7) is 4.33. The molecule has 0 aliphatic carbocycles. The first-order valence-electron chi connectivity index (χ1n) is 7.73. The van der Waals surface area contributed by atoms with Crippen LogP contribution in [0, 0.1) is 5.92 Å². The summed E-state index contributed by atoms with van der Waals surface area (Å²) in [5.41, 5.74) is 2.61. The molecule has 1 aromatic carbocycles. The molecule has 0 unspecified atom stereocenters. The monoisotopic (exact) mass is 392 g/mol. The zero-order valence-corrected chi connectivity index (χ0v) is 15.8. The smallest absolute Gasteiger partial charge is 0.235 e. The molecule has 25 heavy (non-hydrogen) atoms. The molecule has 0 aliphatic heterocycles. The van der Waals surface area contributed by atoms with Gasteiger partial charge in [-0.05, 0) is 36.6 Å². The Bertz CT molecular complexity index is 1050. The first-order valence-corrected chi connectivity index (χ1v) is 9.31. The summed E-state index contributed by atoms with van der Waals surface area (Å²) in [6.07, 6.45) is 0.928. The molecule has 0 atom stereocenters. The molecular weight excluding hydrogens is 379 g/mol. The van der Waals surface area contributed by atoms with E-state index in [0.29, 0.717) is 26.7 Å². The molecule has 0 radical (unpaired) electrons. The molecule has 0 saturated heterocycles. The number of benzene rings is 1. The van der Waals surface area contributed by atoms with Crippen molar-refractivity contribution < 1.29 is 0 Å². The van der Waals surface area contributed by atoms with E-state index in [1.807, 2.05) is 12.1 Å². The Labute approximate surface area is 157 Å². The van der Waals surface area contributed by atoms with Crippen LogP contribution in [0.5, 0.6) is 0 Å². The molecule has 1 N–H and O–H groups in total. The molecule has 9 heteroatoms. The van der Waals surface area contributed by atoms with E-state index in [-0.39, 0.29) is 0 Å². The highest BCUT2D eigenvalue weighted by Gasteiger charge is 2.18. The van der Waals surface area contributed by atoms with Gasteiger partial charge in [0, 0.05) is 16.3 Å². The van der Waals surface area contributed by atoms with E-state index < -0.39 is 0 Å². The zero-order valence-electron chi connectivity index (χ0n) is 13.5. The number of H-pyrrole nitrogens is 1. The quantitative estimate of drug-likeness (QED) is 0.543. The molecule has 3 aromatic heterocycles. The molecule has 6 nitrogen and oxygen atoms in total. The van der Waals surface area contributed by atoms with Gasteiger partial charge in [0.15, 0.2) is 0 Å². The van der Waals surface area contributed by atoms with Gasteiger partial charge in [0.2, 0.25) is 10.8 Å². The van der Waals surface area contributed by atoms with Crippen molar-refractivity contribution in [3.8, 4) is 22.1 Å². The minimum atomic E-state index is 0.546. The fourth-order valence-corrected chi connectivity index (χ4v) is 4.00. The van der Waals surface area contributed by atoms with Crippen LogP contribution in [0.1, 0.15) is 19.5 Å². The lowest BCUT2D eigenvalue weighted by molar-refractivity contribution is 0.633. The minimum absolute atomic E-state index is 0.546. The van der Waals surface area contributed by atoms with E-state index in [1.165, 1.54) is 11.3 Å². The molecule has 0 saturated carbocycles. The van der Waals surface area contributed by atoms with Gasteiger partial charge in [0.25, 0.3) is 0 Å². The number of aromatic amines is 1. The van der Waals surface area contributed by atoms with E-state index in [0.717, 1.165) is 28.4 Å². The van der Waals surface area contributed by atoms with Gasteiger partial charge in [0.05, 0.1) is 5.02 Å². The maximum absolute atomic E-state index is 6.29. The second-order valence-electron chi connectivity index (χ2n) is 6.13.